The zero-order chi connectivity index (χ0) is 11.8. The van der Waals surface area contributed by atoms with Gasteiger partial charge in [0.15, 0.2) is 5.78 Å². The van der Waals surface area contributed by atoms with Crippen molar-refractivity contribution in [3.8, 4) is 5.75 Å². The maximum atomic E-state index is 12.3. The van der Waals surface area contributed by atoms with Gasteiger partial charge in [-0.15, -0.1) is 0 Å². The smallest absolute Gasteiger partial charge is 0.417 e. The predicted molar refractivity (Wildman–Crippen MR) is 48.1 cm³/mol. The van der Waals surface area contributed by atoms with Crippen molar-refractivity contribution < 1.29 is 23.1 Å². The molecule has 0 saturated carbocycles. The van der Waals surface area contributed by atoms with E-state index in [0.717, 1.165) is 6.92 Å². The van der Waals surface area contributed by atoms with Crippen molar-refractivity contribution in [2.45, 2.75) is 13.1 Å². The zero-order valence-electron chi connectivity index (χ0n) is 7.52. The van der Waals surface area contributed by atoms with Gasteiger partial charge in [-0.3, -0.25) is 4.79 Å². The number of ketones is 1. The van der Waals surface area contributed by atoms with Gasteiger partial charge >= 0.3 is 6.18 Å². The number of hydrogen-bond donors (Lipinski definition) is 1. The van der Waals surface area contributed by atoms with E-state index in [9.17, 15) is 23.1 Å². The van der Waals surface area contributed by atoms with Crippen molar-refractivity contribution in [2.24, 2.45) is 0 Å². The fraction of sp³-hybridized carbons (Fsp3) is 0.222. The number of hydrogen-bond acceptors (Lipinski definition) is 2. The molecule has 1 aromatic carbocycles. The van der Waals surface area contributed by atoms with Gasteiger partial charge in [0.25, 0.3) is 0 Å². The Morgan fingerprint density at radius 2 is 1.93 bits per heavy atom. The summed E-state index contributed by atoms with van der Waals surface area (Å²) < 4.78 is 37.0. The lowest BCUT2D eigenvalue weighted by molar-refractivity contribution is -0.137. The van der Waals surface area contributed by atoms with Gasteiger partial charge in [-0.2, -0.15) is 13.2 Å². The van der Waals surface area contributed by atoms with Gasteiger partial charge in [0, 0.05) is 0 Å². The molecule has 0 bridgehead atoms. The number of rotatable bonds is 1. The van der Waals surface area contributed by atoms with Crippen LogP contribution in [0.25, 0.3) is 0 Å². The second-order valence-corrected chi connectivity index (χ2v) is 3.31. The number of aromatic hydroxyl groups is 1. The molecule has 0 atom stereocenters. The van der Waals surface area contributed by atoms with Crippen LogP contribution in [0.5, 0.6) is 5.75 Å². The van der Waals surface area contributed by atoms with E-state index in [4.69, 9.17) is 11.6 Å². The Morgan fingerprint density at radius 3 is 2.33 bits per heavy atom. The van der Waals surface area contributed by atoms with Gasteiger partial charge < -0.3 is 5.11 Å². The summed E-state index contributed by atoms with van der Waals surface area (Å²) in [5.41, 5.74) is -1.53. The summed E-state index contributed by atoms with van der Waals surface area (Å²) in [5, 5.41) is 8.55. The molecule has 0 amide bonds. The third-order valence-electron chi connectivity index (χ3n) is 1.77. The van der Waals surface area contributed by atoms with E-state index < -0.39 is 33.9 Å². The molecule has 0 heterocycles. The van der Waals surface area contributed by atoms with Crippen LogP contribution in [0, 0.1) is 0 Å². The molecule has 15 heavy (non-hydrogen) atoms. The van der Waals surface area contributed by atoms with Gasteiger partial charge in [-0.1, -0.05) is 11.6 Å². The first-order valence-corrected chi connectivity index (χ1v) is 4.22. The number of halogens is 4. The van der Waals surface area contributed by atoms with Gasteiger partial charge in [0.2, 0.25) is 0 Å². The average Bonchev–Trinajstić information content (AvgIpc) is 2.00. The molecule has 82 valence electrons. The highest BCUT2D eigenvalue weighted by Gasteiger charge is 2.34. The Labute approximate surface area is 88.3 Å². The molecule has 0 saturated heterocycles. The highest BCUT2D eigenvalue weighted by atomic mass is 35.5. The monoisotopic (exact) mass is 238 g/mol. The van der Waals surface area contributed by atoms with E-state index in [1.807, 2.05) is 0 Å². The molecule has 0 aromatic heterocycles. The van der Waals surface area contributed by atoms with E-state index in [2.05, 4.69) is 0 Å². The number of carbonyl (C=O) groups excluding carboxylic acids is 1. The third-order valence-corrected chi connectivity index (χ3v) is 2.08. The van der Waals surface area contributed by atoms with Crippen LogP contribution < -0.4 is 0 Å². The maximum Gasteiger partial charge on any atom is 0.417 e. The SMILES string of the molecule is CC(=O)c1cc(C(F)(F)F)c(Cl)cc1O. The Hall–Kier alpha value is -1.23. The summed E-state index contributed by atoms with van der Waals surface area (Å²) in [6.07, 6.45) is -4.64. The molecule has 0 radical (unpaired) electrons. The number of phenols is 1. The van der Waals surface area contributed by atoms with Crippen molar-refractivity contribution in [2.75, 3.05) is 0 Å². The predicted octanol–water partition coefficient (Wildman–Crippen LogP) is 3.27. The van der Waals surface area contributed by atoms with Gasteiger partial charge in [0.1, 0.15) is 5.75 Å². The van der Waals surface area contributed by atoms with Crippen LogP contribution >= 0.6 is 11.6 Å². The fourth-order valence-electron chi connectivity index (χ4n) is 1.06. The van der Waals surface area contributed by atoms with Crippen molar-refractivity contribution in [1.82, 2.24) is 0 Å². The molecule has 0 unspecified atom stereocenters. The largest absolute Gasteiger partial charge is 0.507 e. The second-order valence-electron chi connectivity index (χ2n) is 2.90. The lowest BCUT2D eigenvalue weighted by Crippen LogP contribution is -2.07. The van der Waals surface area contributed by atoms with E-state index in [1.54, 1.807) is 0 Å². The molecule has 0 aliphatic carbocycles. The summed E-state index contributed by atoms with van der Waals surface area (Å²) in [7, 11) is 0. The Kier molecular flexibility index (Phi) is 2.95. The first-order valence-electron chi connectivity index (χ1n) is 3.84. The standard InChI is InChI=1S/C9H6ClF3O2/c1-4(14)5-2-6(9(11,12)13)7(10)3-8(5)15/h2-3,15H,1H3. The van der Waals surface area contributed by atoms with Crippen LogP contribution in [-0.4, -0.2) is 10.9 Å². The summed E-state index contributed by atoms with van der Waals surface area (Å²) in [6.45, 7) is 1.06. The molecule has 1 rings (SSSR count). The molecule has 0 spiro atoms. The lowest BCUT2D eigenvalue weighted by atomic mass is 10.1. The van der Waals surface area contributed by atoms with E-state index in [0.29, 0.717) is 12.1 Å². The highest BCUT2D eigenvalue weighted by Crippen LogP contribution is 2.37. The van der Waals surface area contributed by atoms with E-state index in [-0.39, 0.29) is 0 Å². The molecule has 1 N–H and O–H groups in total. The topological polar surface area (TPSA) is 37.3 Å². The Morgan fingerprint density at radius 1 is 1.40 bits per heavy atom. The minimum absolute atomic E-state index is 0.397. The number of benzene rings is 1. The minimum Gasteiger partial charge on any atom is -0.507 e. The molecular formula is C9H6ClF3O2. The van der Waals surface area contributed by atoms with Crippen LogP contribution in [0.1, 0.15) is 22.8 Å². The average molecular weight is 239 g/mol. The zero-order valence-corrected chi connectivity index (χ0v) is 8.28. The number of alkyl halides is 3. The molecule has 0 aliphatic rings. The maximum absolute atomic E-state index is 12.3. The van der Waals surface area contributed by atoms with E-state index >= 15 is 0 Å². The van der Waals surface area contributed by atoms with Crippen LogP contribution in [0.3, 0.4) is 0 Å². The second kappa shape index (κ2) is 3.73. The number of phenolic OH excluding ortho intramolecular Hbond substituents is 1. The van der Waals surface area contributed by atoms with Gasteiger partial charge in [-0.25, -0.2) is 0 Å². The van der Waals surface area contributed by atoms with Crippen LogP contribution in [0.2, 0.25) is 5.02 Å². The molecule has 1 aromatic rings. The van der Waals surface area contributed by atoms with Crippen LogP contribution in [-0.2, 0) is 6.18 Å². The van der Waals surface area contributed by atoms with Gasteiger partial charge in [0.05, 0.1) is 16.1 Å². The number of Topliss-reactive ketones (excluding diaryl/α,β-unsaturated/α-hetero) is 1. The minimum atomic E-state index is -4.64. The summed E-state index contributed by atoms with van der Waals surface area (Å²) >= 11 is 5.30. The summed E-state index contributed by atoms with van der Waals surface area (Å²) in [6, 6.07) is 1.25. The van der Waals surface area contributed by atoms with Crippen molar-refractivity contribution in [1.29, 1.82) is 0 Å². The van der Waals surface area contributed by atoms with Crippen LogP contribution in [0.4, 0.5) is 13.2 Å². The van der Waals surface area contributed by atoms with Crippen LogP contribution in [0.15, 0.2) is 12.1 Å². The summed E-state index contributed by atoms with van der Waals surface area (Å²) in [4.78, 5) is 10.9. The van der Waals surface area contributed by atoms with Crippen molar-refractivity contribution >= 4 is 17.4 Å². The van der Waals surface area contributed by atoms with Gasteiger partial charge in [-0.05, 0) is 19.1 Å². The molecule has 0 aliphatic heterocycles. The third kappa shape index (κ3) is 2.41. The quantitative estimate of drug-likeness (QED) is 0.763. The van der Waals surface area contributed by atoms with E-state index in [1.165, 1.54) is 0 Å². The Bertz CT molecular complexity index is 413. The first-order chi connectivity index (χ1) is 6.73. The molecule has 6 heteroatoms. The molecular weight excluding hydrogens is 233 g/mol. The highest BCUT2D eigenvalue weighted by molar-refractivity contribution is 6.31. The number of carbonyl (C=O) groups is 1. The normalized spacial score (nSPS) is 11.5. The summed E-state index contributed by atoms with van der Waals surface area (Å²) in [5.74, 6) is -1.21. The van der Waals surface area contributed by atoms with Crippen molar-refractivity contribution in [3.63, 3.8) is 0 Å². The van der Waals surface area contributed by atoms with Crippen molar-refractivity contribution in [3.05, 3.63) is 28.3 Å². The molecule has 2 nitrogen and oxygen atoms in total. The first kappa shape index (κ1) is 11.8. The Balaban J connectivity index is 3.43. The fourth-order valence-corrected chi connectivity index (χ4v) is 1.33. The lowest BCUT2D eigenvalue weighted by Gasteiger charge is -2.11. The molecule has 0 fully saturated rings.